The number of hydrogen-bond acceptors (Lipinski definition) is 3. The summed E-state index contributed by atoms with van der Waals surface area (Å²) in [6, 6.07) is 15.8. The molecule has 28 heavy (non-hydrogen) atoms. The molecule has 1 unspecified atom stereocenters. The highest BCUT2D eigenvalue weighted by molar-refractivity contribution is 7.90. The second-order valence-electron chi connectivity index (χ2n) is 7.63. The first-order valence-corrected chi connectivity index (χ1v) is 11.3. The van der Waals surface area contributed by atoms with Gasteiger partial charge in [-0.1, -0.05) is 42.8 Å². The molecule has 1 aliphatic carbocycles. The fourth-order valence-electron chi connectivity index (χ4n) is 3.73. The van der Waals surface area contributed by atoms with E-state index in [1.165, 1.54) is 5.56 Å². The van der Waals surface area contributed by atoms with Gasteiger partial charge in [-0.2, -0.15) is 0 Å². The molecule has 150 valence electrons. The van der Waals surface area contributed by atoms with Gasteiger partial charge in [0, 0.05) is 24.6 Å². The zero-order valence-electron chi connectivity index (χ0n) is 16.6. The van der Waals surface area contributed by atoms with E-state index in [1.807, 2.05) is 24.3 Å². The molecule has 1 saturated carbocycles. The van der Waals surface area contributed by atoms with Gasteiger partial charge < -0.3 is 5.32 Å². The maximum absolute atomic E-state index is 12.3. The van der Waals surface area contributed by atoms with Crippen LogP contribution in [0.2, 0.25) is 0 Å². The van der Waals surface area contributed by atoms with E-state index in [4.69, 9.17) is 0 Å². The molecule has 5 nitrogen and oxygen atoms in total. The lowest BCUT2D eigenvalue weighted by Crippen LogP contribution is -2.40. The van der Waals surface area contributed by atoms with Crippen molar-refractivity contribution in [2.24, 2.45) is 0 Å². The Morgan fingerprint density at radius 2 is 1.54 bits per heavy atom. The molecule has 2 N–H and O–H groups in total. The topological polar surface area (TPSA) is 75.3 Å². The number of carbonyl (C=O) groups is 1. The van der Waals surface area contributed by atoms with Gasteiger partial charge in [-0.05, 0) is 55.5 Å². The summed E-state index contributed by atoms with van der Waals surface area (Å²) < 4.78 is 27.4. The van der Waals surface area contributed by atoms with E-state index in [2.05, 4.69) is 34.3 Å². The van der Waals surface area contributed by atoms with Crippen LogP contribution in [-0.2, 0) is 10.0 Å². The second-order valence-corrected chi connectivity index (χ2v) is 9.90. The Labute approximate surface area is 167 Å². The van der Waals surface area contributed by atoms with Crippen molar-refractivity contribution in [2.45, 2.75) is 50.3 Å². The number of sulfonamides is 1. The molecule has 1 aliphatic rings. The van der Waals surface area contributed by atoms with E-state index in [0.29, 0.717) is 5.56 Å². The number of amides is 1. The monoisotopic (exact) mass is 400 g/mol. The number of hydrogen-bond donors (Lipinski definition) is 2. The van der Waals surface area contributed by atoms with Gasteiger partial charge in [0.25, 0.3) is 5.91 Å². The molecule has 2 aromatic rings. The van der Waals surface area contributed by atoms with Crippen LogP contribution in [0.5, 0.6) is 0 Å². The Morgan fingerprint density at radius 3 is 2.07 bits per heavy atom. The summed E-state index contributed by atoms with van der Waals surface area (Å²) in [6.45, 7) is 3.41. The molecule has 0 aliphatic heterocycles. The van der Waals surface area contributed by atoms with Crippen LogP contribution < -0.4 is 10.0 Å². The second kappa shape index (κ2) is 8.45. The minimum Gasteiger partial charge on any atom is -0.355 e. The summed E-state index contributed by atoms with van der Waals surface area (Å²) in [5, 5.41) is 2.20. The van der Waals surface area contributed by atoms with Crippen molar-refractivity contribution >= 4 is 15.9 Å². The van der Waals surface area contributed by atoms with E-state index in [1.54, 1.807) is 20.9 Å². The number of nitrogens with one attached hydrogen (secondary N) is 2. The van der Waals surface area contributed by atoms with Gasteiger partial charge in [-0.15, -0.1) is 0 Å². The number of carbonyl (C=O) groups excluding carboxylic acids is 1. The van der Waals surface area contributed by atoms with Crippen molar-refractivity contribution in [2.75, 3.05) is 7.05 Å². The van der Waals surface area contributed by atoms with Crippen LogP contribution in [0.4, 0.5) is 0 Å². The van der Waals surface area contributed by atoms with Crippen LogP contribution in [-0.4, -0.2) is 32.7 Å². The van der Waals surface area contributed by atoms with Crippen LogP contribution in [0.25, 0.3) is 11.1 Å². The Balaban J connectivity index is 1.75. The standard InChI is InChI=1S/C22H28N2O3S/c1-15(2)28(26,27)24-21-6-4-5-20(21)18-11-7-16(8-12-18)17-9-13-19(14-10-17)22(25)23-3/h7-15,20-21,24H,4-6H2,1-3H3,(H,23,25)/t20?,21-/m0/s1. The smallest absolute Gasteiger partial charge is 0.251 e. The molecule has 2 atom stereocenters. The van der Waals surface area contributed by atoms with Crippen LogP contribution in [0.3, 0.4) is 0 Å². The normalized spacial score (nSPS) is 19.7. The lowest BCUT2D eigenvalue weighted by Gasteiger charge is -2.23. The van der Waals surface area contributed by atoms with Gasteiger partial charge >= 0.3 is 0 Å². The highest BCUT2D eigenvalue weighted by atomic mass is 32.2. The third-order valence-corrected chi connectivity index (χ3v) is 7.37. The van der Waals surface area contributed by atoms with Crippen LogP contribution in [0.1, 0.15) is 54.9 Å². The maximum atomic E-state index is 12.3. The average molecular weight is 401 g/mol. The van der Waals surface area contributed by atoms with Gasteiger partial charge in [-0.25, -0.2) is 13.1 Å². The molecule has 1 amide bonds. The summed E-state index contributed by atoms with van der Waals surface area (Å²) in [7, 11) is -1.65. The Hall–Kier alpha value is -2.18. The van der Waals surface area contributed by atoms with Gasteiger partial charge in [0.15, 0.2) is 0 Å². The van der Waals surface area contributed by atoms with E-state index >= 15 is 0 Å². The third kappa shape index (κ3) is 4.45. The molecule has 3 rings (SSSR count). The maximum Gasteiger partial charge on any atom is 0.251 e. The summed E-state index contributed by atoms with van der Waals surface area (Å²) >= 11 is 0. The molecule has 0 radical (unpaired) electrons. The molecular weight excluding hydrogens is 372 g/mol. The molecule has 0 bridgehead atoms. The van der Waals surface area contributed by atoms with Crippen molar-refractivity contribution in [3.8, 4) is 11.1 Å². The molecule has 2 aromatic carbocycles. The average Bonchev–Trinajstić information content (AvgIpc) is 3.15. The van der Waals surface area contributed by atoms with Crippen LogP contribution in [0, 0.1) is 0 Å². The minimum atomic E-state index is -3.27. The summed E-state index contributed by atoms with van der Waals surface area (Å²) in [5.74, 6) is 0.108. The quantitative estimate of drug-likeness (QED) is 0.777. The molecule has 0 aromatic heterocycles. The molecular formula is C22H28N2O3S. The molecule has 0 spiro atoms. The molecule has 6 heteroatoms. The highest BCUT2D eigenvalue weighted by Crippen LogP contribution is 2.36. The summed E-state index contributed by atoms with van der Waals surface area (Å²) in [5.41, 5.74) is 3.92. The molecule has 0 heterocycles. The first-order chi connectivity index (χ1) is 13.3. The van der Waals surface area contributed by atoms with E-state index < -0.39 is 15.3 Å². The van der Waals surface area contributed by atoms with Gasteiger partial charge in [0.1, 0.15) is 0 Å². The Morgan fingerprint density at radius 1 is 0.964 bits per heavy atom. The van der Waals surface area contributed by atoms with Crippen LogP contribution >= 0.6 is 0 Å². The van der Waals surface area contributed by atoms with Crippen molar-refractivity contribution < 1.29 is 13.2 Å². The first-order valence-electron chi connectivity index (χ1n) is 9.75. The first kappa shape index (κ1) is 20.6. The van der Waals surface area contributed by atoms with E-state index in [9.17, 15) is 13.2 Å². The Bertz CT molecular complexity index is 919. The lowest BCUT2D eigenvalue weighted by molar-refractivity contribution is 0.0963. The third-order valence-electron chi connectivity index (χ3n) is 5.50. The van der Waals surface area contributed by atoms with Crippen LogP contribution in [0.15, 0.2) is 48.5 Å². The highest BCUT2D eigenvalue weighted by Gasteiger charge is 2.32. The van der Waals surface area contributed by atoms with Crippen molar-refractivity contribution in [3.63, 3.8) is 0 Å². The zero-order chi connectivity index (χ0) is 20.3. The predicted molar refractivity (Wildman–Crippen MR) is 113 cm³/mol. The zero-order valence-corrected chi connectivity index (χ0v) is 17.4. The van der Waals surface area contributed by atoms with Gasteiger partial charge in [0.2, 0.25) is 10.0 Å². The number of benzene rings is 2. The molecule has 0 saturated heterocycles. The largest absolute Gasteiger partial charge is 0.355 e. The SMILES string of the molecule is CNC(=O)c1ccc(-c2ccc(C3CCC[C@@H]3NS(=O)(=O)C(C)C)cc2)cc1. The van der Waals surface area contributed by atoms with E-state index in [-0.39, 0.29) is 17.9 Å². The fourth-order valence-corrected chi connectivity index (χ4v) is 4.70. The Kier molecular flexibility index (Phi) is 6.20. The predicted octanol–water partition coefficient (Wildman–Crippen LogP) is 3.68. The summed E-state index contributed by atoms with van der Waals surface area (Å²) in [4.78, 5) is 11.7. The number of rotatable bonds is 6. The fraction of sp³-hybridized carbons (Fsp3) is 0.409. The molecule has 1 fully saturated rings. The summed E-state index contributed by atoms with van der Waals surface area (Å²) in [6.07, 6.45) is 2.89. The van der Waals surface area contributed by atoms with Crippen molar-refractivity contribution in [1.82, 2.24) is 10.0 Å². The van der Waals surface area contributed by atoms with Gasteiger partial charge in [0.05, 0.1) is 5.25 Å². The van der Waals surface area contributed by atoms with Gasteiger partial charge in [-0.3, -0.25) is 4.79 Å². The van der Waals surface area contributed by atoms with Crippen molar-refractivity contribution in [1.29, 1.82) is 0 Å². The minimum absolute atomic E-state index is 0.0370. The lowest BCUT2D eigenvalue weighted by atomic mass is 9.92. The van der Waals surface area contributed by atoms with Crippen molar-refractivity contribution in [3.05, 3.63) is 59.7 Å². The van der Waals surface area contributed by atoms with E-state index in [0.717, 1.165) is 30.4 Å².